The second kappa shape index (κ2) is 5.02. The van der Waals surface area contributed by atoms with E-state index in [9.17, 15) is 0 Å². The minimum absolute atomic E-state index is 0.434. The van der Waals surface area contributed by atoms with Crippen LogP contribution in [0.1, 0.15) is 49.4 Å². The van der Waals surface area contributed by atoms with Gasteiger partial charge >= 0.3 is 0 Å². The molecule has 1 aromatic rings. The van der Waals surface area contributed by atoms with E-state index in [-0.39, 0.29) is 0 Å². The minimum Gasteiger partial charge on any atom is -0.444 e. The standard InChI is InChI=1S/C12H18ClNO/c1-9-11(8-13)15-12(14-9)7-10-5-3-2-4-6-10/h10H,2-8H2,1H3. The number of aromatic nitrogens is 1. The van der Waals surface area contributed by atoms with Crippen molar-refractivity contribution in [3.8, 4) is 0 Å². The third-order valence-electron chi connectivity index (χ3n) is 3.25. The summed E-state index contributed by atoms with van der Waals surface area (Å²) in [6.45, 7) is 1.96. The maximum absolute atomic E-state index is 5.75. The van der Waals surface area contributed by atoms with Crippen LogP contribution in [0.2, 0.25) is 0 Å². The van der Waals surface area contributed by atoms with Crippen LogP contribution in [0.25, 0.3) is 0 Å². The van der Waals surface area contributed by atoms with Gasteiger partial charge in [-0.2, -0.15) is 0 Å². The third kappa shape index (κ3) is 2.75. The number of nitrogens with zero attached hydrogens (tertiary/aromatic N) is 1. The van der Waals surface area contributed by atoms with Crippen LogP contribution in [0.4, 0.5) is 0 Å². The molecular formula is C12H18ClNO. The van der Waals surface area contributed by atoms with Gasteiger partial charge in [-0.25, -0.2) is 4.98 Å². The smallest absolute Gasteiger partial charge is 0.194 e. The van der Waals surface area contributed by atoms with Crippen LogP contribution in [-0.4, -0.2) is 4.98 Å². The van der Waals surface area contributed by atoms with Gasteiger partial charge in [-0.05, 0) is 25.7 Å². The summed E-state index contributed by atoms with van der Waals surface area (Å²) in [7, 11) is 0. The fourth-order valence-corrected chi connectivity index (χ4v) is 2.59. The maximum Gasteiger partial charge on any atom is 0.194 e. The first kappa shape index (κ1) is 11.0. The Morgan fingerprint density at radius 2 is 2.07 bits per heavy atom. The molecule has 1 aromatic heterocycles. The monoisotopic (exact) mass is 227 g/mol. The summed E-state index contributed by atoms with van der Waals surface area (Å²) >= 11 is 5.75. The molecule has 0 saturated heterocycles. The summed E-state index contributed by atoms with van der Waals surface area (Å²) in [5.74, 6) is 2.93. The molecule has 2 nitrogen and oxygen atoms in total. The van der Waals surface area contributed by atoms with Crippen LogP contribution < -0.4 is 0 Å². The van der Waals surface area contributed by atoms with Gasteiger partial charge in [0.15, 0.2) is 5.89 Å². The van der Waals surface area contributed by atoms with Gasteiger partial charge in [-0.1, -0.05) is 19.3 Å². The lowest BCUT2D eigenvalue weighted by atomic mass is 9.87. The molecule has 3 heteroatoms. The zero-order valence-electron chi connectivity index (χ0n) is 9.26. The highest BCUT2D eigenvalue weighted by atomic mass is 35.5. The number of halogens is 1. The molecule has 0 bridgehead atoms. The van der Waals surface area contributed by atoms with Gasteiger partial charge in [0.25, 0.3) is 0 Å². The van der Waals surface area contributed by atoms with E-state index in [1.54, 1.807) is 0 Å². The van der Waals surface area contributed by atoms with E-state index >= 15 is 0 Å². The lowest BCUT2D eigenvalue weighted by Gasteiger charge is -2.19. The SMILES string of the molecule is Cc1nc(CC2CCCCC2)oc1CCl. The van der Waals surface area contributed by atoms with Crippen molar-refractivity contribution < 1.29 is 4.42 Å². The van der Waals surface area contributed by atoms with Gasteiger partial charge < -0.3 is 4.42 Å². The van der Waals surface area contributed by atoms with Crippen LogP contribution in [-0.2, 0) is 12.3 Å². The lowest BCUT2D eigenvalue weighted by molar-refractivity contribution is 0.326. The molecule has 15 heavy (non-hydrogen) atoms. The molecule has 1 aliphatic rings. The number of rotatable bonds is 3. The number of oxazole rings is 1. The van der Waals surface area contributed by atoms with Gasteiger partial charge in [-0.3, -0.25) is 0 Å². The van der Waals surface area contributed by atoms with Gasteiger partial charge in [-0.15, -0.1) is 11.6 Å². The first-order valence-corrected chi connectivity index (χ1v) is 6.34. The van der Waals surface area contributed by atoms with Crippen LogP contribution >= 0.6 is 11.6 Å². The van der Waals surface area contributed by atoms with Crippen molar-refractivity contribution in [1.82, 2.24) is 4.98 Å². The van der Waals surface area contributed by atoms with Crippen molar-refractivity contribution in [2.24, 2.45) is 5.92 Å². The van der Waals surface area contributed by atoms with Crippen LogP contribution in [0, 0.1) is 12.8 Å². The number of hydrogen-bond donors (Lipinski definition) is 0. The molecule has 84 valence electrons. The molecule has 1 aliphatic carbocycles. The summed E-state index contributed by atoms with van der Waals surface area (Å²) < 4.78 is 5.62. The molecular weight excluding hydrogens is 210 g/mol. The highest BCUT2D eigenvalue weighted by Gasteiger charge is 2.17. The van der Waals surface area contributed by atoms with Crippen LogP contribution in [0.5, 0.6) is 0 Å². The zero-order valence-corrected chi connectivity index (χ0v) is 10.0. The Kier molecular flexibility index (Phi) is 3.68. The lowest BCUT2D eigenvalue weighted by Crippen LogP contribution is -2.09. The molecule has 0 N–H and O–H groups in total. The first-order valence-electron chi connectivity index (χ1n) is 5.80. The molecule has 0 spiro atoms. The van der Waals surface area contributed by atoms with Gasteiger partial charge in [0.05, 0.1) is 11.6 Å². The van der Waals surface area contributed by atoms with Gasteiger partial charge in [0.2, 0.25) is 0 Å². The van der Waals surface area contributed by atoms with E-state index in [4.69, 9.17) is 16.0 Å². The van der Waals surface area contributed by atoms with Crippen molar-refractivity contribution in [2.75, 3.05) is 0 Å². The molecule has 0 atom stereocenters. The predicted molar refractivity (Wildman–Crippen MR) is 61.1 cm³/mol. The Hall–Kier alpha value is -0.500. The van der Waals surface area contributed by atoms with E-state index in [0.717, 1.165) is 29.7 Å². The Labute approximate surface area is 96.0 Å². The second-order valence-corrected chi connectivity index (χ2v) is 4.73. The quantitative estimate of drug-likeness (QED) is 0.734. The van der Waals surface area contributed by atoms with E-state index in [1.807, 2.05) is 6.92 Å². The first-order chi connectivity index (χ1) is 7.29. The van der Waals surface area contributed by atoms with E-state index in [2.05, 4.69) is 4.98 Å². The Bertz CT molecular complexity index is 315. The summed E-state index contributed by atoms with van der Waals surface area (Å²) in [6, 6.07) is 0. The fraction of sp³-hybridized carbons (Fsp3) is 0.750. The van der Waals surface area contributed by atoms with Crippen molar-refractivity contribution in [3.05, 3.63) is 17.3 Å². The molecule has 1 heterocycles. The molecule has 1 saturated carbocycles. The molecule has 1 fully saturated rings. The summed E-state index contributed by atoms with van der Waals surface area (Å²) in [4.78, 5) is 4.42. The molecule has 0 radical (unpaired) electrons. The highest BCUT2D eigenvalue weighted by molar-refractivity contribution is 6.16. The topological polar surface area (TPSA) is 26.0 Å². The van der Waals surface area contributed by atoms with Crippen molar-refractivity contribution in [3.63, 3.8) is 0 Å². The average Bonchev–Trinajstić information content (AvgIpc) is 2.60. The second-order valence-electron chi connectivity index (χ2n) is 4.46. The highest BCUT2D eigenvalue weighted by Crippen LogP contribution is 2.27. The average molecular weight is 228 g/mol. The van der Waals surface area contributed by atoms with Gasteiger partial charge in [0.1, 0.15) is 5.76 Å². The summed E-state index contributed by atoms with van der Waals surface area (Å²) in [5.41, 5.74) is 0.954. The molecule has 0 amide bonds. The molecule has 2 rings (SSSR count). The molecule has 0 aliphatic heterocycles. The van der Waals surface area contributed by atoms with Crippen LogP contribution in [0.15, 0.2) is 4.42 Å². The van der Waals surface area contributed by atoms with Gasteiger partial charge in [0, 0.05) is 6.42 Å². The van der Waals surface area contributed by atoms with E-state index in [1.165, 1.54) is 32.1 Å². The minimum atomic E-state index is 0.434. The zero-order chi connectivity index (χ0) is 10.7. The molecule has 0 aromatic carbocycles. The maximum atomic E-state index is 5.75. The van der Waals surface area contributed by atoms with E-state index in [0.29, 0.717) is 5.88 Å². The normalized spacial score (nSPS) is 18.3. The fourth-order valence-electron chi connectivity index (χ4n) is 2.34. The Morgan fingerprint density at radius 1 is 1.33 bits per heavy atom. The predicted octanol–water partition coefficient (Wildman–Crippen LogP) is 3.84. The van der Waals surface area contributed by atoms with Crippen molar-refractivity contribution in [2.45, 2.75) is 51.3 Å². The van der Waals surface area contributed by atoms with Crippen molar-refractivity contribution >= 4 is 11.6 Å². The third-order valence-corrected chi connectivity index (χ3v) is 3.49. The van der Waals surface area contributed by atoms with E-state index < -0.39 is 0 Å². The van der Waals surface area contributed by atoms with Crippen LogP contribution in [0.3, 0.4) is 0 Å². The Morgan fingerprint density at radius 3 is 2.67 bits per heavy atom. The molecule has 0 unspecified atom stereocenters. The Balaban J connectivity index is 1.97. The number of hydrogen-bond acceptors (Lipinski definition) is 2. The summed E-state index contributed by atoms with van der Waals surface area (Å²) in [5, 5.41) is 0. The van der Waals surface area contributed by atoms with Crippen molar-refractivity contribution in [1.29, 1.82) is 0 Å². The number of aryl methyl sites for hydroxylation is 1. The number of alkyl halides is 1. The summed E-state index contributed by atoms with van der Waals surface area (Å²) in [6.07, 6.45) is 7.79. The largest absolute Gasteiger partial charge is 0.444 e.